The molecule has 1 nitrogen and oxygen atoms in total. The number of hydrogen-bond acceptors (Lipinski definition) is 1. The van der Waals surface area contributed by atoms with E-state index in [1.54, 1.807) is 0 Å². The van der Waals surface area contributed by atoms with Crippen molar-refractivity contribution >= 4 is 5.57 Å². The minimum Gasteiger partial charge on any atom is -0.192 e. The van der Waals surface area contributed by atoms with Crippen molar-refractivity contribution in [3.63, 3.8) is 0 Å². The Labute approximate surface area is 78.3 Å². The van der Waals surface area contributed by atoms with Crippen LogP contribution in [0.2, 0.25) is 0 Å². The molecule has 1 saturated carbocycles. The van der Waals surface area contributed by atoms with E-state index in [2.05, 4.69) is 12.1 Å². The molecule has 0 atom stereocenters. The van der Waals surface area contributed by atoms with Crippen molar-refractivity contribution in [3.8, 4) is 6.07 Å². The number of benzene rings is 1. The van der Waals surface area contributed by atoms with Gasteiger partial charge in [-0.15, -0.1) is 0 Å². The van der Waals surface area contributed by atoms with Crippen LogP contribution < -0.4 is 0 Å². The van der Waals surface area contributed by atoms with Crippen molar-refractivity contribution in [2.45, 2.75) is 12.8 Å². The van der Waals surface area contributed by atoms with Gasteiger partial charge >= 0.3 is 0 Å². The van der Waals surface area contributed by atoms with Gasteiger partial charge in [-0.2, -0.15) is 5.26 Å². The fraction of sp³-hybridized carbons (Fsp3) is 0.250. The summed E-state index contributed by atoms with van der Waals surface area (Å²) in [7, 11) is 0. The van der Waals surface area contributed by atoms with Crippen molar-refractivity contribution in [3.05, 3.63) is 42.0 Å². The van der Waals surface area contributed by atoms with Crippen LogP contribution in [0.4, 0.5) is 0 Å². The first kappa shape index (κ1) is 8.07. The van der Waals surface area contributed by atoms with Crippen LogP contribution in [-0.2, 0) is 0 Å². The van der Waals surface area contributed by atoms with Crippen LogP contribution in [0.1, 0.15) is 18.4 Å². The summed E-state index contributed by atoms with van der Waals surface area (Å²) in [5.74, 6) is 0.662. The number of allylic oxidation sites excluding steroid dienone is 2. The molecular weight excluding hydrogens is 158 g/mol. The van der Waals surface area contributed by atoms with Crippen LogP contribution >= 0.6 is 0 Å². The Balaban J connectivity index is 2.27. The zero-order chi connectivity index (χ0) is 9.10. The Morgan fingerprint density at radius 3 is 2.54 bits per heavy atom. The highest BCUT2D eigenvalue weighted by atomic mass is 14.3. The van der Waals surface area contributed by atoms with Crippen molar-refractivity contribution in [1.82, 2.24) is 0 Å². The minimum atomic E-state index is 0.662. The van der Waals surface area contributed by atoms with Crippen LogP contribution in [-0.4, -0.2) is 0 Å². The molecular formula is C12H11N. The highest BCUT2D eigenvalue weighted by Crippen LogP contribution is 2.33. The van der Waals surface area contributed by atoms with Crippen molar-refractivity contribution < 1.29 is 0 Å². The van der Waals surface area contributed by atoms with Crippen molar-refractivity contribution in [2.24, 2.45) is 5.92 Å². The molecule has 0 N–H and O–H groups in total. The van der Waals surface area contributed by atoms with E-state index >= 15 is 0 Å². The summed E-state index contributed by atoms with van der Waals surface area (Å²) in [5, 5.41) is 8.94. The zero-order valence-electron chi connectivity index (χ0n) is 7.40. The first-order chi connectivity index (χ1) is 6.40. The van der Waals surface area contributed by atoms with Crippen LogP contribution in [0.3, 0.4) is 0 Å². The summed E-state index contributed by atoms with van der Waals surface area (Å²) in [6, 6.07) is 12.1. The molecule has 0 aromatic heterocycles. The van der Waals surface area contributed by atoms with E-state index < -0.39 is 0 Å². The topological polar surface area (TPSA) is 23.8 Å². The monoisotopic (exact) mass is 169 g/mol. The molecule has 1 aliphatic rings. The molecule has 0 saturated heterocycles. The van der Waals surface area contributed by atoms with Gasteiger partial charge in [0.25, 0.3) is 0 Å². The van der Waals surface area contributed by atoms with Gasteiger partial charge in [0.05, 0.1) is 11.6 Å². The highest BCUT2D eigenvalue weighted by Gasteiger charge is 2.19. The van der Waals surface area contributed by atoms with Gasteiger partial charge in [0, 0.05) is 0 Å². The summed E-state index contributed by atoms with van der Waals surface area (Å²) in [4.78, 5) is 0. The number of nitriles is 1. The third kappa shape index (κ3) is 1.97. The molecule has 0 spiro atoms. The van der Waals surface area contributed by atoms with Gasteiger partial charge < -0.3 is 0 Å². The van der Waals surface area contributed by atoms with E-state index in [0.29, 0.717) is 5.92 Å². The molecule has 13 heavy (non-hydrogen) atoms. The number of hydrogen-bond donors (Lipinski definition) is 0. The Bertz CT molecular complexity index is 352. The van der Waals surface area contributed by atoms with Gasteiger partial charge in [0.2, 0.25) is 0 Å². The Morgan fingerprint density at radius 1 is 1.31 bits per heavy atom. The summed E-state index contributed by atoms with van der Waals surface area (Å²) < 4.78 is 0. The minimum absolute atomic E-state index is 0.662. The van der Waals surface area contributed by atoms with E-state index in [-0.39, 0.29) is 0 Å². The van der Waals surface area contributed by atoms with Gasteiger partial charge in [-0.1, -0.05) is 36.4 Å². The van der Waals surface area contributed by atoms with E-state index in [9.17, 15) is 0 Å². The van der Waals surface area contributed by atoms with Gasteiger partial charge in [0.15, 0.2) is 0 Å². The summed E-state index contributed by atoms with van der Waals surface area (Å²) in [5.41, 5.74) is 1.86. The average Bonchev–Trinajstić information content (AvgIpc) is 2.99. The molecule has 64 valence electrons. The van der Waals surface area contributed by atoms with E-state index in [1.807, 2.05) is 30.3 Å². The van der Waals surface area contributed by atoms with Gasteiger partial charge in [-0.25, -0.2) is 0 Å². The summed E-state index contributed by atoms with van der Waals surface area (Å²) in [6.07, 6.45) is 4.59. The molecule has 0 bridgehead atoms. The second-order valence-corrected chi connectivity index (χ2v) is 3.40. The maximum atomic E-state index is 8.94. The molecule has 0 unspecified atom stereocenters. The third-order valence-corrected chi connectivity index (χ3v) is 2.23. The predicted molar refractivity (Wildman–Crippen MR) is 52.8 cm³/mol. The fourth-order valence-electron chi connectivity index (χ4n) is 1.31. The quantitative estimate of drug-likeness (QED) is 0.624. The largest absolute Gasteiger partial charge is 0.192 e. The lowest BCUT2D eigenvalue weighted by atomic mass is 10.1. The number of rotatable bonds is 2. The van der Waals surface area contributed by atoms with Crippen LogP contribution in [0, 0.1) is 17.2 Å². The predicted octanol–water partition coefficient (Wildman–Crippen LogP) is 3.00. The second-order valence-electron chi connectivity index (χ2n) is 3.40. The smallest absolute Gasteiger partial charge is 0.0994 e. The van der Waals surface area contributed by atoms with Gasteiger partial charge in [-0.05, 0) is 24.3 Å². The lowest BCUT2D eigenvalue weighted by Gasteiger charge is -1.96. The van der Waals surface area contributed by atoms with Crippen LogP contribution in [0.15, 0.2) is 36.4 Å². The lowest BCUT2D eigenvalue weighted by molar-refractivity contribution is 1.13. The molecule has 0 heterocycles. The second kappa shape index (κ2) is 3.45. The average molecular weight is 169 g/mol. The van der Waals surface area contributed by atoms with E-state index in [1.165, 1.54) is 12.8 Å². The normalized spacial score (nSPS) is 16.7. The first-order valence-electron chi connectivity index (χ1n) is 4.57. The third-order valence-electron chi connectivity index (χ3n) is 2.23. The fourth-order valence-corrected chi connectivity index (χ4v) is 1.31. The van der Waals surface area contributed by atoms with Crippen LogP contribution in [0.25, 0.3) is 5.57 Å². The molecule has 0 aliphatic heterocycles. The molecule has 0 radical (unpaired) electrons. The maximum Gasteiger partial charge on any atom is 0.0994 e. The molecule has 1 heteroatoms. The SMILES string of the molecule is N#CC(=CC1CC1)c1ccccc1. The Morgan fingerprint density at radius 2 is 2.00 bits per heavy atom. The van der Waals surface area contributed by atoms with Crippen LogP contribution in [0.5, 0.6) is 0 Å². The molecule has 1 fully saturated rings. The maximum absolute atomic E-state index is 8.94. The van der Waals surface area contributed by atoms with E-state index in [0.717, 1.165) is 11.1 Å². The van der Waals surface area contributed by atoms with Crippen molar-refractivity contribution in [2.75, 3.05) is 0 Å². The number of nitrogens with zero attached hydrogens (tertiary/aromatic N) is 1. The summed E-state index contributed by atoms with van der Waals surface area (Å²) in [6.45, 7) is 0. The zero-order valence-corrected chi connectivity index (χ0v) is 7.40. The van der Waals surface area contributed by atoms with Gasteiger partial charge in [-0.3, -0.25) is 0 Å². The van der Waals surface area contributed by atoms with Crippen molar-refractivity contribution in [1.29, 1.82) is 5.26 Å². The summed E-state index contributed by atoms with van der Waals surface area (Å²) >= 11 is 0. The molecule has 1 aromatic carbocycles. The van der Waals surface area contributed by atoms with E-state index in [4.69, 9.17) is 5.26 Å². The molecule has 2 rings (SSSR count). The Hall–Kier alpha value is -1.55. The standard InChI is InChI=1S/C12H11N/c13-9-12(8-10-6-7-10)11-4-2-1-3-5-11/h1-5,8,10H,6-7H2. The highest BCUT2D eigenvalue weighted by molar-refractivity contribution is 5.76. The Kier molecular flexibility index (Phi) is 2.14. The molecule has 1 aliphatic carbocycles. The lowest BCUT2D eigenvalue weighted by Crippen LogP contribution is -1.80. The van der Waals surface area contributed by atoms with Gasteiger partial charge in [0.1, 0.15) is 0 Å². The first-order valence-corrected chi connectivity index (χ1v) is 4.57. The molecule has 0 amide bonds. The molecule has 1 aromatic rings.